The monoisotopic (exact) mass is 248 g/mol. The summed E-state index contributed by atoms with van der Waals surface area (Å²) in [5.74, 6) is -0.650. The smallest absolute Gasteiger partial charge is 0.332 e. The quantitative estimate of drug-likeness (QED) is 0.366. The molecule has 0 aromatic heterocycles. The molecule has 7 nitrogen and oxygen atoms in total. The molecule has 0 saturated carbocycles. The minimum atomic E-state index is -0.412. The molecule has 100 valence electrons. The fourth-order valence-electron chi connectivity index (χ4n) is 0.920. The van der Waals surface area contributed by atoms with Gasteiger partial charge in [0.15, 0.2) is 0 Å². The van der Waals surface area contributed by atoms with Crippen LogP contribution in [0, 0.1) is 0 Å². The number of nitrogens with one attached hydrogen (secondary N) is 1. The number of ether oxygens (including phenoxy) is 3. The molecule has 17 heavy (non-hydrogen) atoms. The van der Waals surface area contributed by atoms with Crippen LogP contribution in [0.15, 0.2) is 0 Å². The van der Waals surface area contributed by atoms with Crippen LogP contribution in [0.5, 0.6) is 0 Å². The summed E-state index contributed by atoms with van der Waals surface area (Å²) in [5.41, 5.74) is 5.19. The number of carbonyl (C=O) groups excluding carboxylic acids is 2. The highest BCUT2D eigenvalue weighted by atomic mass is 16.6. The molecule has 0 aromatic carbocycles. The van der Waals surface area contributed by atoms with Crippen molar-refractivity contribution in [3.05, 3.63) is 0 Å². The first-order valence-electron chi connectivity index (χ1n) is 5.48. The second-order valence-electron chi connectivity index (χ2n) is 3.05. The first kappa shape index (κ1) is 15.8. The maximum Gasteiger partial charge on any atom is 0.332 e. The summed E-state index contributed by atoms with van der Waals surface area (Å²) in [6, 6.07) is 0. The van der Waals surface area contributed by atoms with Crippen LogP contribution in [0.1, 0.15) is 6.92 Å². The van der Waals surface area contributed by atoms with E-state index in [9.17, 15) is 9.59 Å². The van der Waals surface area contributed by atoms with E-state index in [1.54, 1.807) is 6.92 Å². The predicted octanol–water partition coefficient (Wildman–Crippen LogP) is -1.34. The normalized spacial score (nSPS) is 10.0. The Morgan fingerprint density at radius 2 is 1.88 bits per heavy atom. The third-order valence-corrected chi connectivity index (χ3v) is 1.59. The summed E-state index contributed by atoms with van der Waals surface area (Å²) in [5, 5.41) is 2.57. The first-order chi connectivity index (χ1) is 8.20. The number of rotatable bonds is 10. The third-order valence-electron chi connectivity index (χ3n) is 1.59. The number of hydrogen-bond acceptors (Lipinski definition) is 6. The zero-order valence-corrected chi connectivity index (χ0v) is 10.1. The van der Waals surface area contributed by atoms with Gasteiger partial charge in [-0.05, 0) is 6.92 Å². The molecule has 3 N–H and O–H groups in total. The Balaban J connectivity index is 3.27. The number of amides is 1. The van der Waals surface area contributed by atoms with Gasteiger partial charge in [0.25, 0.3) is 0 Å². The van der Waals surface area contributed by atoms with Crippen molar-refractivity contribution in [2.24, 2.45) is 5.73 Å². The SMILES string of the molecule is CCOC(=O)COCCNC(=O)COCCN. The molecule has 0 saturated heterocycles. The van der Waals surface area contributed by atoms with Crippen LogP contribution in [0.25, 0.3) is 0 Å². The van der Waals surface area contributed by atoms with E-state index in [0.29, 0.717) is 26.3 Å². The van der Waals surface area contributed by atoms with Crippen molar-refractivity contribution in [3.8, 4) is 0 Å². The Morgan fingerprint density at radius 3 is 2.53 bits per heavy atom. The van der Waals surface area contributed by atoms with Crippen molar-refractivity contribution in [1.29, 1.82) is 0 Å². The van der Waals surface area contributed by atoms with Gasteiger partial charge < -0.3 is 25.3 Å². The molecule has 0 aliphatic carbocycles. The highest BCUT2D eigenvalue weighted by Gasteiger charge is 2.02. The van der Waals surface area contributed by atoms with Crippen molar-refractivity contribution in [2.45, 2.75) is 6.92 Å². The largest absolute Gasteiger partial charge is 0.464 e. The van der Waals surface area contributed by atoms with Crippen molar-refractivity contribution in [2.75, 3.05) is 46.1 Å². The van der Waals surface area contributed by atoms with Crippen LogP contribution in [-0.4, -0.2) is 58.0 Å². The lowest BCUT2D eigenvalue weighted by atomic mass is 10.5. The molecular weight excluding hydrogens is 228 g/mol. The van der Waals surface area contributed by atoms with Crippen molar-refractivity contribution < 1.29 is 23.8 Å². The lowest BCUT2D eigenvalue weighted by Crippen LogP contribution is -2.31. The Bertz CT molecular complexity index is 223. The van der Waals surface area contributed by atoms with Gasteiger partial charge in [-0.15, -0.1) is 0 Å². The summed E-state index contributed by atoms with van der Waals surface area (Å²) in [6.45, 7) is 3.24. The maximum absolute atomic E-state index is 11.1. The van der Waals surface area contributed by atoms with E-state index in [4.69, 9.17) is 15.2 Å². The molecule has 0 unspecified atom stereocenters. The van der Waals surface area contributed by atoms with Gasteiger partial charge in [-0.2, -0.15) is 0 Å². The molecule has 0 aliphatic rings. The lowest BCUT2D eigenvalue weighted by Gasteiger charge is -2.06. The molecule has 0 radical (unpaired) electrons. The zero-order valence-electron chi connectivity index (χ0n) is 10.1. The molecule has 0 aromatic rings. The second kappa shape index (κ2) is 11.3. The van der Waals surface area contributed by atoms with Crippen LogP contribution >= 0.6 is 0 Å². The minimum Gasteiger partial charge on any atom is -0.464 e. The molecule has 0 atom stereocenters. The highest BCUT2D eigenvalue weighted by Crippen LogP contribution is 1.81. The molecule has 0 rings (SSSR count). The standard InChI is InChI=1S/C10H20N2O5/c1-2-17-10(14)8-16-6-4-12-9(13)7-15-5-3-11/h2-8,11H2,1H3,(H,12,13). The summed E-state index contributed by atoms with van der Waals surface area (Å²) < 4.78 is 14.5. The minimum absolute atomic E-state index is 0.0188. The van der Waals surface area contributed by atoms with Gasteiger partial charge in [-0.25, -0.2) is 4.79 Å². The van der Waals surface area contributed by atoms with Crippen LogP contribution in [0.2, 0.25) is 0 Å². The van der Waals surface area contributed by atoms with E-state index in [0.717, 1.165) is 0 Å². The van der Waals surface area contributed by atoms with Crippen LogP contribution in [-0.2, 0) is 23.8 Å². The van der Waals surface area contributed by atoms with Gasteiger partial charge >= 0.3 is 5.97 Å². The van der Waals surface area contributed by atoms with Crippen molar-refractivity contribution in [3.63, 3.8) is 0 Å². The average Bonchev–Trinajstić information content (AvgIpc) is 2.29. The second-order valence-corrected chi connectivity index (χ2v) is 3.05. The summed E-state index contributed by atoms with van der Waals surface area (Å²) >= 11 is 0. The molecule has 0 aliphatic heterocycles. The van der Waals surface area contributed by atoms with Gasteiger partial charge in [0.2, 0.25) is 5.91 Å². The van der Waals surface area contributed by atoms with E-state index >= 15 is 0 Å². The van der Waals surface area contributed by atoms with E-state index in [1.807, 2.05) is 0 Å². The molecule has 0 bridgehead atoms. The Morgan fingerprint density at radius 1 is 1.18 bits per heavy atom. The predicted molar refractivity (Wildman–Crippen MR) is 60.3 cm³/mol. The molecule has 0 heterocycles. The maximum atomic E-state index is 11.1. The van der Waals surface area contributed by atoms with E-state index in [-0.39, 0.29) is 25.7 Å². The topological polar surface area (TPSA) is 99.9 Å². The Labute approximate surface area is 101 Å². The van der Waals surface area contributed by atoms with Gasteiger partial charge in [0, 0.05) is 13.1 Å². The van der Waals surface area contributed by atoms with E-state index < -0.39 is 5.97 Å². The summed E-state index contributed by atoms with van der Waals surface area (Å²) in [7, 11) is 0. The number of nitrogens with two attached hydrogens (primary N) is 1. The van der Waals surface area contributed by atoms with E-state index in [1.165, 1.54) is 0 Å². The van der Waals surface area contributed by atoms with Crippen LogP contribution < -0.4 is 11.1 Å². The van der Waals surface area contributed by atoms with Gasteiger partial charge in [-0.3, -0.25) is 4.79 Å². The number of esters is 1. The zero-order chi connectivity index (χ0) is 12.9. The highest BCUT2D eigenvalue weighted by molar-refractivity contribution is 5.77. The molecule has 7 heteroatoms. The van der Waals surface area contributed by atoms with Crippen LogP contribution in [0.4, 0.5) is 0 Å². The molecule has 0 spiro atoms. The number of hydrogen-bond donors (Lipinski definition) is 2. The summed E-state index contributed by atoms with van der Waals surface area (Å²) in [6.07, 6.45) is 0. The third kappa shape index (κ3) is 11.1. The summed E-state index contributed by atoms with van der Waals surface area (Å²) in [4.78, 5) is 21.9. The van der Waals surface area contributed by atoms with Crippen molar-refractivity contribution in [1.82, 2.24) is 5.32 Å². The van der Waals surface area contributed by atoms with Gasteiger partial charge in [0.1, 0.15) is 13.2 Å². The Hall–Kier alpha value is -1.18. The number of carbonyl (C=O) groups is 2. The fraction of sp³-hybridized carbons (Fsp3) is 0.800. The van der Waals surface area contributed by atoms with Gasteiger partial charge in [0.05, 0.1) is 19.8 Å². The van der Waals surface area contributed by atoms with Crippen molar-refractivity contribution >= 4 is 11.9 Å². The first-order valence-corrected chi connectivity index (χ1v) is 5.48. The average molecular weight is 248 g/mol. The van der Waals surface area contributed by atoms with Gasteiger partial charge in [-0.1, -0.05) is 0 Å². The lowest BCUT2D eigenvalue weighted by molar-refractivity contribution is -0.148. The Kier molecular flexibility index (Phi) is 10.5. The fourth-order valence-corrected chi connectivity index (χ4v) is 0.920. The van der Waals surface area contributed by atoms with Crippen LogP contribution in [0.3, 0.4) is 0 Å². The molecule has 0 fully saturated rings. The van der Waals surface area contributed by atoms with E-state index in [2.05, 4.69) is 10.1 Å². The molecule has 1 amide bonds. The molecular formula is C10H20N2O5.